The second-order valence-electron chi connectivity index (χ2n) is 5.60. The number of nitrogens with one attached hydrogen (secondary N) is 1. The molecule has 0 amide bonds. The van der Waals surface area contributed by atoms with Gasteiger partial charge >= 0.3 is 0 Å². The van der Waals surface area contributed by atoms with Crippen LogP contribution in [0.5, 0.6) is 0 Å². The van der Waals surface area contributed by atoms with Gasteiger partial charge in [0.1, 0.15) is 5.69 Å². The molecule has 1 heterocycles. The topological polar surface area (TPSA) is 83.5 Å². The molecule has 1 aromatic rings. The standard InChI is InChI=1S/C15H24N4O/c1-11(13-5-3-2-4-6-13)18-10-12-7-8-17-14(9-12)15(16)19-20/h7-9,11,13,18,20H,2-6,10H2,1H3,(H2,16,19)/t11-/m0/s1. The molecule has 0 bridgehead atoms. The quantitative estimate of drug-likeness (QED) is 0.333. The van der Waals surface area contributed by atoms with Crippen molar-refractivity contribution in [3.8, 4) is 0 Å². The highest BCUT2D eigenvalue weighted by atomic mass is 16.4. The summed E-state index contributed by atoms with van der Waals surface area (Å²) in [6.07, 6.45) is 8.46. The summed E-state index contributed by atoms with van der Waals surface area (Å²) in [6, 6.07) is 4.33. The normalized spacial score (nSPS) is 18.9. The summed E-state index contributed by atoms with van der Waals surface area (Å²) in [6.45, 7) is 3.05. The molecule has 1 saturated carbocycles. The Hall–Kier alpha value is -1.62. The molecule has 1 aliphatic carbocycles. The first-order chi connectivity index (χ1) is 9.70. The fourth-order valence-corrected chi connectivity index (χ4v) is 2.86. The number of nitrogens with zero attached hydrogens (tertiary/aromatic N) is 2. The largest absolute Gasteiger partial charge is 0.409 e. The van der Waals surface area contributed by atoms with Gasteiger partial charge in [-0.3, -0.25) is 4.98 Å². The molecule has 5 heteroatoms. The average molecular weight is 276 g/mol. The molecule has 4 N–H and O–H groups in total. The molecule has 1 aromatic heterocycles. The zero-order valence-corrected chi connectivity index (χ0v) is 12.0. The molecule has 1 atom stereocenters. The van der Waals surface area contributed by atoms with Crippen molar-refractivity contribution >= 4 is 5.84 Å². The summed E-state index contributed by atoms with van der Waals surface area (Å²) in [4.78, 5) is 4.08. The second kappa shape index (κ2) is 7.24. The van der Waals surface area contributed by atoms with Crippen molar-refractivity contribution in [1.29, 1.82) is 0 Å². The molecule has 1 aliphatic rings. The van der Waals surface area contributed by atoms with E-state index >= 15 is 0 Å². The van der Waals surface area contributed by atoms with Crippen molar-refractivity contribution in [2.24, 2.45) is 16.8 Å². The number of hydrogen-bond donors (Lipinski definition) is 3. The van der Waals surface area contributed by atoms with Gasteiger partial charge in [-0.05, 0) is 43.4 Å². The maximum absolute atomic E-state index is 8.67. The minimum atomic E-state index is 0.0483. The van der Waals surface area contributed by atoms with E-state index in [4.69, 9.17) is 10.9 Å². The van der Waals surface area contributed by atoms with Gasteiger partial charge in [0.25, 0.3) is 0 Å². The van der Waals surface area contributed by atoms with Gasteiger partial charge in [-0.25, -0.2) is 0 Å². The molecule has 20 heavy (non-hydrogen) atoms. The first kappa shape index (κ1) is 14.8. The van der Waals surface area contributed by atoms with Gasteiger partial charge in [0.05, 0.1) is 0 Å². The number of amidine groups is 1. The fourth-order valence-electron chi connectivity index (χ4n) is 2.86. The maximum Gasteiger partial charge on any atom is 0.188 e. The Bertz CT molecular complexity index is 455. The van der Waals surface area contributed by atoms with E-state index in [0.717, 1.165) is 18.0 Å². The van der Waals surface area contributed by atoms with E-state index in [0.29, 0.717) is 11.7 Å². The minimum Gasteiger partial charge on any atom is -0.409 e. The lowest BCUT2D eigenvalue weighted by Crippen LogP contribution is -2.34. The van der Waals surface area contributed by atoms with Crippen molar-refractivity contribution in [3.05, 3.63) is 29.6 Å². The Labute approximate surface area is 120 Å². The summed E-state index contributed by atoms with van der Waals surface area (Å²) in [5.74, 6) is 0.835. The van der Waals surface area contributed by atoms with E-state index in [9.17, 15) is 0 Å². The monoisotopic (exact) mass is 276 g/mol. The summed E-state index contributed by atoms with van der Waals surface area (Å²) in [7, 11) is 0. The minimum absolute atomic E-state index is 0.0483. The van der Waals surface area contributed by atoms with Gasteiger partial charge in [-0.2, -0.15) is 0 Å². The van der Waals surface area contributed by atoms with Crippen LogP contribution in [0.4, 0.5) is 0 Å². The molecule has 0 aromatic carbocycles. The van der Waals surface area contributed by atoms with Crippen molar-refractivity contribution in [2.75, 3.05) is 0 Å². The first-order valence-corrected chi connectivity index (χ1v) is 7.37. The van der Waals surface area contributed by atoms with Crippen LogP contribution < -0.4 is 11.1 Å². The Morgan fingerprint density at radius 3 is 2.95 bits per heavy atom. The predicted molar refractivity (Wildman–Crippen MR) is 79.6 cm³/mol. The van der Waals surface area contributed by atoms with E-state index in [-0.39, 0.29) is 5.84 Å². The molecule has 0 radical (unpaired) electrons. The summed E-state index contributed by atoms with van der Waals surface area (Å²) in [5, 5.41) is 15.2. The smallest absolute Gasteiger partial charge is 0.188 e. The lowest BCUT2D eigenvalue weighted by Gasteiger charge is -2.28. The van der Waals surface area contributed by atoms with Gasteiger partial charge < -0.3 is 16.3 Å². The van der Waals surface area contributed by atoms with Gasteiger partial charge in [-0.15, -0.1) is 0 Å². The van der Waals surface area contributed by atoms with Crippen LogP contribution >= 0.6 is 0 Å². The molecule has 0 spiro atoms. The summed E-state index contributed by atoms with van der Waals surface area (Å²) < 4.78 is 0. The highest BCUT2D eigenvalue weighted by Crippen LogP contribution is 2.26. The molecular weight excluding hydrogens is 252 g/mol. The predicted octanol–water partition coefficient (Wildman–Crippen LogP) is 2.23. The van der Waals surface area contributed by atoms with Crippen molar-refractivity contribution in [1.82, 2.24) is 10.3 Å². The number of aromatic nitrogens is 1. The van der Waals surface area contributed by atoms with Crippen LogP contribution in [0.2, 0.25) is 0 Å². The second-order valence-corrected chi connectivity index (χ2v) is 5.60. The first-order valence-electron chi connectivity index (χ1n) is 7.37. The van der Waals surface area contributed by atoms with E-state index in [1.807, 2.05) is 12.1 Å². The lowest BCUT2D eigenvalue weighted by atomic mass is 9.84. The van der Waals surface area contributed by atoms with Crippen LogP contribution in [0.1, 0.15) is 50.3 Å². The van der Waals surface area contributed by atoms with Crippen LogP contribution in [-0.2, 0) is 6.54 Å². The Balaban J connectivity index is 1.90. The molecular formula is C15H24N4O. The lowest BCUT2D eigenvalue weighted by molar-refractivity contribution is 0.280. The number of oxime groups is 1. The van der Waals surface area contributed by atoms with Crippen LogP contribution in [0.25, 0.3) is 0 Å². The van der Waals surface area contributed by atoms with E-state index in [1.165, 1.54) is 32.1 Å². The molecule has 5 nitrogen and oxygen atoms in total. The molecule has 110 valence electrons. The van der Waals surface area contributed by atoms with Crippen LogP contribution in [-0.4, -0.2) is 22.1 Å². The van der Waals surface area contributed by atoms with Crippen molar-refractivity contribution < 1.29 is 5.21 Å². The Morgan fingerprint density at radius 2 is 2.25 bits per heavy atom. The zero-order chi connectivity index (χ0) is 14.4. The third-order valence-electron chi connectivity index (χ3n) is 4.18. The van der Waals surface area contributed by atoms with Gasteiger partial charge in [0.2, 0.25) is 0 Å². The molecule has 0 aliphatic heterocycles. The Kier molecular flexibility index (Phi) is 5.35. The third kappa shape index (κ3) is 3.93. The van der Waals surface area contributed by atoms with Gasteiger partial charge in [0, 0.05) is 18.8 Å². The third-order valence-corrected chi connectivity index (χ3v) is 4.18. The molecule has 0 unspecified atom stereocenters. The maximum atomic E-state index is 8.67. The SMILES string of the molecule is C[C@H](NCc1ccnc(/C(N)=N/O)c1)C1CCCCC1. The highest BCUT2D eigenvalue weighted by molar-refractivity contribution is 5.95. The zero-order valence-electron chi connectivity index (χ0n) is 12.0. The summed E-state index contributed by atoms with van der Waals surface area (Å²) >= 11 is 0. The van der Waals surface area contributed by atoms with E-state index < -0.39 is 0 Å². The van der Waals surface area contributed by atoms with E-state index in [1.54, 1.807) is 6.20 Å². The summed E-state index contributed by atoms with van der Waals surface area (Å²) in [5.41, 5.74) is 7.17. The van der Waals surface area contributed by atoms with Gasteiger partial charge in [0.15, 0.2) is 5.84 Å². The van der Waals surface area contributed by atoms with E-state index in [2.05, 4.69) is 22.4 Å². The van der Waals surface area contributed by atoms with Crippen LogP contribution in [0, 0.1) is 5.92 Å². The number of hydrogen-bond acceptors (Lipinski definition) is 4. The number of nitrogens with two attached hydrogens (primary N) is 1. The van der Waals surface area contributed by atoms with Crippen molar-refractivity contribution in [3.63, 3.8) is 0 Å². The fraction of sp³-hybridized carbons (Fsp3) is 0.600. The Morgan fingerprint density at radius 1 is 1.50 bits per heavy atom. The number of rotatable bonds is 5. The molecule has 1 fully saturated rings. The van der Waals surface area contributed by atoms with Crippen molar-refractivity contribution in [2.45, 2.75) is 51.6 Å². The molecule has 0 saturated heterocycles. The molecule has 2 rings (SSSR count). The van der Waals surface area contributed by atoms with Crippen LogP contribution in [0.3, 0.4) is 0 Å². The average Bonchev–Trinajstić information content (AvgIpc) is 2.53. The highest BCUT2D eigenvalue weighted by Gasteiger charge is 2.19. The number of pyridine rings is 1. The van der Waals surface area contributed by atoms with Crippen LogP contribution in [0.15, 0.2) is 23.5 Å². The van der Waals surface area contributed by atoms with Gasteiger partial charge in [-0.1, -0.05) is 24.4 Å².